The Balaban J connectivity index is 1.54. The topological polar surface area (TPSA) is 83.5 Å². The SMILES string of the molecule is CC1c2cc3c(cc2[C@@H](C)C2(C)CN(C(=O)OC(C)(C)C)C12)N1C(=NNC(=O)[C@H]1C)CO3. The zero-order valence-electron chi connectivity index (χ0n) is 19.9. The van der Waals surface area contributed by atoms with Gasteiger partial charge >= 0.3 is 6.09 Å². The molecule has 0 radical (unpaired) electrons. The van der Waals surface area contributed by atoms with Crippen LogP contribution < -0.4 is 15.1 Å². The molecule has 3 unspecified atom stereocenters. The van der Waals surface area contributed by atoms with Gasteiger partial charge in [-0.2, -0.15) is 5.10 Å². The molecule has 0 aromatic heterocycles. The van der Waals surface area contributed by atoms with Gasteiger partial charge in [0.05, 0.1) is 5.69 Å². The molecule has 5 rings (SSSR count). The van der Waals surface area contributed by atoms with Crippen LogP contribution in [-0.2, 0) is 9.53 Å². The zero-order chi connectivity index (χ0) is 23.2. The maximum Gasteiger partial charge on any atom is 0.410 e. The lowest BCUT2D eigenvalue weighted by atomic mass is 9.54. The molecule has 1 saturated heterocycles. The van der Waals surface area contributed by atoms with Gasteiger partial charge in [-0.1, -0.05) is 20.8 Å². The van der Waals surface area contributed by atoms with E-state index in [2.05, 4.69) is 43.4 Å². The normalized spacial score (nSPS) is 32.8. The summed E-state index contributed by atoms with van der Waals surface area (Å²) in [6, 6.07) is 3.99. The van der Waals surface area contributed by atoms with Crippen molar-refractivity contribution in [1.29, 1.82) is 0 Å². The molecule has 1 aromatic rings. The van der Waals surface area contributed by atoms with E-state index in [1.54, 1.807) is 0 Å². The molecule has 32 heavy (non-hydrogen) atoms. The van der Waals surface area contributed by atoms with E-state index in [0.717, 1.165) is 11.4 Å². The number of anilines is 1. The van der Waals surface area contributed by atoms with Crippen molar-refractivity contribution < 1.29 is 19.1 Å². The van der Waals surface area contributed by atoms with Gasteiger partial charge in [0.2, 0.25) is 0 Å². The van der Waals surface area contributed by atoms with Crippen molar-refractivity contribution in [1.82, 2.24) is 10.3 Å². The van der Waals surface area contributed by atoms with Crippen molar-refractivity contribution in [2.24, 2.45) is 10.5 Å². The molecule has 0 saturated carbocycles. The van der Waals surface area contributed by atoms with Gasteiger partial charge in [0, 0.05) is 23.9 Å². The number of likely N-dealkylation sites (tertiary alicyclic amines) is 1. The lowest BCUT2D eigenvalue weighted by Gasteiger charge is -2.63. The van der Waals surface area contributed by atoms with Crippen molar-refractivity contribution in [2.45, 2.75) is 78.0 Å². The molecule has 3 aliphatic heterocycles. The highest BCUT2D eigenvalue weighted by atomic mass is 16.6. The molecule has 8 heteroatoms. The lowest BCUT2D eigenvalue weighted by molar-refractivity contribution is -0.122. The van der Waals surface area contributed by atoms with Crippen LogP contribution in [0.5, 0.6) is 5.75 Å². The number of benzene rings is 1. The van der Waals surface area contributed by atoms with E-state index in [1.807, 2.05) is 37.5 Å². The van der Waals surface area contributed by atoms with Gasteiger partial charge in [0.15, 0.2) is 5.84 Å². The summed E-state index contributed by atoms with van der Waals surface area (Å²) in [6.07, 6.45) is -0.245. The lowest BCUT2D eigenvalue weighted by Crippen LogP contribution is -2.70. The predicted octanol–water partition coefficient (Wildman–Crippen LogP) is 3.56. The van der Waals surface area contributed by atoms with E-state index < -0.39 is 5.60 Å². The van der Waals surface area contributed by atoms with Crippen molar-refractivity contribution in [3.63, 3.8) is 0 Å². The number of ether oxygens (including phenoxy) is 2. The summed E-state index contributed by atoms with van der Waals surface area (Å²) in [5, 5.41) is 4.20. The van der Waals surface area contributed by atoms with E-state index in [9.17, 15) is 9.59 Å². The third-order valence-electron chi connectivity index (χ3n) is 7.69. The van der Waals surface area contributed by atoms with E-state index >= 15 is 0 Å². The largest absolute Gasteiger partial charge is 0.483 e. The number of hydrazone groups is 1. The van der Waals surface area contributed by atoms with E-state index in [4.69, 9.17) is 9.47 Å². The number of carbonyl (C=O) groups is 2. The maximum absolute atomic E-state index is 12.9. The molecule has 1 fully saturated rings. The van der Waals surface area contributed by atoms with Gasteiger partial charge in [-0.3, -0.25) is 4.79 Å². The first-order valence-electron chi connectivity index (χ1n) is 11.4. The summed E-state index contributed by atoms with van der Waals surface area (Å²) in [7, 11) is 0. The fourth-order valence-corrected chi connectivity index (χ4v) is 5.93. The first-order chi connectivity index (χ1) is 14.9. The number of carbonyl (C=O) groups excluding carboxylic acids is 2. The van der Waals surface area contributed by atoms with Crippen LogP contribution >= 0.6 is 0 Å². The number of amides is 2. The Hall–Kier alpha value is -2.77. The smallest absolute Gasteiger partial charge is 0.410 e. The minimum Gasteiger partial charge on any atom is -0.483 e. The summed E-state index contributed by atoms with van der Waals surface area (Å²) in [5.41, 5.74) is 5.35. The van der Waals surface area contributed by atoms with Crippen LogP contribution in [0.25, 0.3) is 0 Å². The Morgan fingerprint density at radius 3 is 2.66 bits per heavy atom. The third kappa shape index (κ3) is 2.84. The molecule has 1 aliphatic carbocycles. The van der Waals surface area contributed by atoms with Gasteiger partial charge in [-0.25, -0.2) is 10.2 Å². The van der Waals surface area contributed by atoms with Crippen molar-refractivity contribution in [3.8, 4) is 5.75 Å². The number of hydrogen-bond acceptors (Lipinski definition) is 6. The molecule has 4 aliphatic rings. The summed E-state index contributed by atoms with van der Waals surface area (Å²) >= 11 is 0. The van der Waals surface area contributed by atoms with Gasteiger partial charge in [-0.15, -0.1) is 0 Å². The van der Waals surface area contributed by atoms with Crippen LogP contribution in [0.1, 0.15) is 71.4 Å². The van der Waals surface area contributed by atoms with Crippen LogP contribution in [0.3, 0.4) is 0 Å². The Labute approximate surface area is 188 Å². The molecule has 1 N–H and O–H groups in total. The highest BCUT2D eigenvalue weighted by molar-refractivity contribution is 6.09. The van der Waals surface area contributed by atoms with Gasteiger partial charge in [0.25, 0.3) is 5.91 Å². The molecular formula is C24H32N4O4. The van der Waals surface area contributed by atoms with E-state index in [-0.39, 0.29) is 41.3 Å². The average Bonchev–Trinajstić information content (AvgIpc) is 2.70. The van der Waals surface area contributed by atoms with Gasteiger partial charge < -0.3 is 19.3 Å². The molecular weight excluding hydrogens is 408 g/mol. The summed E-state index contributed by atoms with van der Waals surface area (Å²) < 4.78 is 11.7. The molecule has 5 atom stereocenters. The van der Waals surface area contributed by atoms with Crippen LogP contribution in [0, 0.1) is 5.41 Å². The van der Waals surface area contributed by atoms with Crippen LogP contribution in [0.2, 0.25) is 0 Å². The highest BCUT2D eigenvalue weighted by Gasteiger charge is 2.60. The molecule has 0 bridgehead atoms. The second-order valence-electron chi connectivity index (χ2n) is 10.9. The van der Waals surface area contributed by atoms with Crippen LogP contribution in [0.15, 0.2) is 17.2 Å². The monoisotopic (exact) mass is 440 g/mol. The Bertz CT molecular complexity index is 1050. The van der Waals surface area contributed by atoms with Crippen molar-refractivity contribution in [2.75, 3.05) is 18.1 Å². The fraction of sp³-hybridized carbons (Fsp3) is 0.625. The second-order valence-corrected chi connectivity index (χ2v) is 10.9. The number of nitrogens with zero attached hydrogens (tertiary/aromatic N) is 3. The summed E-state index contributed by atoms with van der Waals surface area (Å²) in [6.45, 7) is 15.2. The fourth-order valence-electron chi connectivity index (χ4n) is 5.93. The van der Waals surface area contributed by atoms with E-state index in [0.29, 0.717) is 19.0 Å². The summed E-state index contributed by atoms with van der Waals surface area (Å²) in [4.78, 5) is 29.0. The van der Waals surface area contributed by atoms with Crippen molar-refractivity contribution in [3.05, 3.63) is 23.3 Å². The molecule has 1 aromatic carbocycles. The number of rotatable bonds is 0. The first kappa shape index (κ1) is 21.1. The first-order valence-corrected chi connectivity index (χ1v) is 11.4. The molecule has 3 heterocycles. The zero-order valence-corrected chi connectivity index (χ0v) is 19.9. The number of hydrogen-bond donors (Lipinski definition) is 1. The highest BCUT2D eigenvalue weighted by Crippen LogP contribution is 2.59. The quantitative estimate of drug-likeness (QED) is 0.667. The third-order valence-corrected chi connectivity index (χ3v) is 7.69. The van der Waals surface area contributed by atoms with E-state index in [1.165, 1.54) is 11.1 Å². The average molecular weight is 441 g/mol. The molecule has 8 nitrogen and oxygen atoms in total. The van der Waals surface area contributed by atoms with Crippen LogP contribution in [0.4, 0.5) is 10.5 Å². The number of fused-ring (bicyclic) bond motifs is 5. The van der Waals surface area contributed by atoms with Crippen molar-refractivity contribution >= 4 is 23.5 Å². The predicted molar refractivity (Wildman–Crippen MR) is 121 cm³/mol. The molecule has 172 valence electrons. The Morgan fingerprint density at radius 2 is 1.97 bits per heavy atom. The second kappa shape index (κ2) is 6.62. The maximum atomic E-state index is 12.9. The van der Waals surface area contributed by atoms with Gasteiger partial charge in [0.1, 0.15) is 24.0 Å². The Morgan fingerprint density at radius 1 is 1.25 bits per heavy atom. The minimum atomic E-state index is -0.520. The minimum absolute atomic E-state index is 0.0467. The standard InChI is InChI=1S/C24H32N4O4/c1-12-15-9-18-17(28-14(3)21(29)26-25-19(28)10-31-18)8-16(15)13(2)24(7)11-27(20(12)24)22(30)32-23(4,5)6/h8-9,12-14,20H,10-11H2,1-7H3,(H,26,29)/t12?,13-,14-,20?,24?/m1/s1. The summed E-state index contributed by atoms with van der Waals surface area (Å²) in [5.74, 6) is 1.72. The Kier molecular flexibility index (Phi) is 4.36. The molecule has 2 amide bonds. The van der Waals surface area contributed by atoms with Crippen LogP contribution in [-0.4, -0.2) is 53.6 Å². The molecule has 0 spiro atoms. The van der Waals surface area contributed by atoms with Gasteiger partial charge in [-0.05, 0) is 56.9 Å². The number of amidine groups is 1. The number of nitrogens with one attached hydrogen (secondary N) is 1.